The number of nitrogens with one attached hydrogen (secondary N) is 1. The molecule has 0 fully saturated rings. The molecule has 0 atom stereocenters. The van der Waals surface area contributed by atoms with E-state index in [1.54, 1.807) is 48.9 Å². The van der Waals surface area contributed by atoms with Gasteiger partial charge in [-0.2, -0.15) is 23.0 Å². The van der Waals surface area contributed by atoms with E-state index in [4.69, 9.17) is 11.6 Å². The quantitative estimate of drug-likeness (QED) is 0.173. The zero-order valence-electron chi connectivity index (χ0n) is 23.9. The SMILES string of the molecule is O=C(c1ccccc1C(F)(F)F)n1nc(-c2ccc(-c3ccccc3)c(=O)n2CCc2cnccn2)cc1NCc1ccc(Cl)s1. The second-order valence-electron chi connectivity index (χ2n) is 10.1. The molecule has 6 rings (SSSR count). The Bertz CT molecular complexity index is 2060. The number of aromatic nitrogens is 5. The molecule has 46 heavy (non-hydrogen) atoms. The highest BCUT2D eigenvalue weighted by Crippen LogP contribution is 2.33. The number of pyridine rings is 1. The molecule has 232 valence electrons. The fourth-order valence-corrected chi connectivity index (χ4v) is 6.02. The maximum atomic E-state index is 14.0. The number of nitrogens with zero attached hydrogens (tertiary/aromatic N) is 5. The third-order valence-corrected chi connectivity index (χ3v) is 8.40. The molecule has 4 heterocycles. The summed E-state index contributed by atoms with van der Waals surface area (Å²) >= 11 is 7.40. The summed E-state index contributed by atoms with van der Waals surface area (Å²) < 4.78 is 44.7. The van der Waals surface area contributed by atoms with Crippen molar-refractivity contribution in [1.82, 2.24) is 24.3 Å². The number of hydrogen-bond donors (Lipinski definition) is 1. The number of benzene rings is 2. The third kappa shape index (κ3) is 6.63. The summed E-state index contributed by atoms with van der Waals surface area (Å²) in [6.07, 6.45) is 0.316. The van der Waals surface area contributed by atoms with Gasteiger partial charge in [0, 0.05) is 48.1 Å². The fourth-order valence-electron chi connectivity index (χ4n) is 4.99. The first-order chi connectivity index (χ1) is 22.2. The molecule has 0 aliphatic heterocycles. The molecule has 0 saturated carbocycles. The van der Waals surface area contributed by atoms with Crippen LogP contribution >= 0.6 is 22.9 Å². The lowest BCUT2D eigenvalue weighted by molar-refractivity contribution is -0.137. The van der Waals surface area contributed by atoms with E-state index < -0.39 is 23.2 Å². The van der Waals surface area contributed by atoms with Crippen LogP contribution in [0.4, 0.5) is 19.0 Å². The summed E-state index contributed by atoms with van der Waals surface area (Å²) in [6.45, 7) is 0.421. The molecular weight excluding hydrogens is 637 g/mol. The van der Waals surface area contributed by atoms with Crippen molar-refractivity contribution >= 4 is 34.7 Å². The molecule has 0 spiro atoms. The number of rotatable bonds is 9. The molecule has 13 heteroatoms. The summed E-state index contributed by atoms with van der Waals surface area (Å²) in [6, 6.07) is 22.2. The highest BCUT2D eigenvalue weighted by Gasteiger charge is 2.36. The van der Waals surface area contributed by atoms with E-state index in [0.29, 0.717) is 33.3 Å². The third-order valence-electron chi connectivity index (χ3n) is 7.17. The first-order valence-electron chi connectivity index (χ1n) is 14.0. The minimum atomic E-state index is -4.77. The summed E-state index contributed by atoms with van der Waals surface area (Å²) in [5.74, 6) is -0.846. The van der Waals surface area contributed by atoms with E-state index in [1.165, 1.54) is 28.0 Å². The van der Waals surface area contributed by atoms with Crippen LogP contribution in [-0.4, -0.2) is 30.2 Å². The van der Waals surface area contributed by atoms with Gasteiger partial charge < -0.3 is 9.88 Å². The minimum absolute atomic E-state index is 0.140. The van der Waals surface area contributed by atoms with Gasteiger partial charge in [-0.1, -0.05) is 54.1 Å². The van der Waals surface area contributed by atoms with E-state index in [2.05, 4.69) is 20.4 Å². The molecule has 0 amide bonds. The topological polar surface area (TPSA) is 94.7 Å². The Morgan fingerprint density at radius 1 is 0.957 bits per heavy atom. The Hall–Kier alpha value is -5.07. The van der Waals surface area contributed by atoms with Crippen molar-refractivity contribution in [3.63, 3.8) is 0 Å². The first kappa shape index (κ1) is 30.9. The van der Waals surface area contributed by atoms with Crippen LogP contribution in [0.3, 0.4) is 0 Å². The van der Waals surface area contributed by atoms with Gasteiger partial charge in [-0.15, -0.1) is 11.3 Å². The maximum absolute atomic E-state index is 14.0. The number of hydrogen-bond acceptors (Lipinski definition) is 7. The second-order valence-corrected chi connectivity index (χ2v) is 11.9. The van der Waals surface area contributed by atoms with E-state index in [9.17, 15) is 22.8 Å². The van der Waals surface area contributed by atoms with E-state index in [-0.39, 0.29) is 30.2 Å². The average Bonchev–Trinajstić information content (AvgIpc) is 3.69. The van der Waals surface area contributed by atoms with Gasteiger partial charge in [0.15, 0.2) is 0 Å². The number of carbonyl (C=O) groups is 1. The highest BCUT2D eigenvalue weighted by molar-refractivity contribution is 7.16. The Morgan fingerprint density at radius 2 is 1.74 bits per heavy atom. The van der Waals surface area contributed by atoms with Gasteiger partial charge in [-0.25, -0.2) is 0 Å². The van der Waals surface area contributed by atoms with E-state index in [1.807, 2.05) is 30.3 Å². The minimum Gasteiger partial charge on any atom is -0.365 e. The van der Waals surface area contributed by atoms with Crippen LogP contribution in [0.25, 0.3) is 22.5 Å². The number of thiophene rings is 1. The molecule has 4 aromatic heterocycles. The number of anilines is 1. The maximum Gasteiger partial charge on any atom is 0.417 e. The van der Waals surface area contributed by atoms with Crippen molar-refractivity contribution in [2.45, 2.75) is 25.7 Å². The molecule has 1 N–H and O–H groups in total. The largest absolute Gasteiger partial charge is 0.417 e. The summed E-state index contributed by atoms with van der Waals surface area (Å²) in [7, 11) is 0. The lowest BCUT2D eigenvalue weighted by Gasteiger charge is -2.14. The van der Waals surface area contributed by atoms with E-state index >= 15 is 0 Å². The Labute approximate surface area is 269 Å². The molecule has 6 aromatic rings. The van der Waals surface area contributed by atoms with Gasteiger partial charge >= 0.3 is 6.18 Å². The van der Waals surface area contributed by atoms with Gasteiger partial charge in [0.05, 0.1) is 33.4 Å². The van der Waals surface area contributed by atoms with Crippen molar-refractivity contribution < 1.29 is 18.0 Å². The zero-order valence-corrected chi connectivity index (χ0v) is 25.5. The Morgan fingerprint density at radius 3 is 2.46 bits per heavy atom. The molecule has 0 radical (unpaired) electrons. The highest BCUT2D eigenvalue weighted by atomic mass is 35.5. The van der Waals surface area contributed by atoms with Crippen molar-refractivity contribution in [2.24, 2.45) is 0 Å². The number of aryl methyl sites for hydroxylation is 1. The molecule has 2 aromatic carbocycles. The number of halogens is 4. The predicted molar refractivity (Wildman–Crippen MR) is 171 cm³/mol. The van der Waals surface area contributed by atoms with Crippen molar-refractivity contribution in [1.29, 1.82) is 0 Å². The monoisotopic (exact) mass is 660 g/mol. The van der Waals surface area contributed by atoms with Crippen molar-refractivity contribution in [3.05, 3.63) is 140 Å². The van der Waals surface area contributed by atoms with Gasteiger partial charge in [-0.05, 0) is 42.0 Å². The lowest BCUT2D eigenvalue weighted by Crippen LogP contribution is -2.25. The van der Waals surface area contributed by atoms with Gasteiger partial charge in [0.2, 0.25) is 0 Å². The Kier molecular flexibility index (Phi) is 8.82. The standard InChI is InChI=1S/C33H24ClF3N6O2S/c34-29-13-10-23(46-29)20-40-30-18-27(41-43(30)32(45)25-8-4-5-9-26(25)33(35,36)37)28-12-11-24(21-6-2-1-3-7-21)31(44)42(28)17-14-22-19-38-15-16-39-22/h1-13,15-16,18-19,40H,14,17,20H2. The van der Waals surface area contributed by atoms with Crippen LogP contribution in [0, 0.1) is 0 Å². The molecule has 0 bridgehead atoms. The van der Waals surface area contributed by atoms with Crippen LogP contribution in [-0.2, 0) is 25.7 Å². The van der Waals surface area contributed by atoms with Gasteiger partial charge in [-0.3, -0.25) is 19.6 Å². The van der Waals surface area contributed by atoms with Crippen LogP contribution in [0.5, 0.6) is 0 Å². The van der Waals surface area contributed by atoms with Gasteiger partial charge in [0.1, 0.15) is 11.5 Å². The summed E-state index contributed by atoms with van der Waals surface area (Å²) in [5.41, 5.74) is 0.449. The summed E-state index contributed by atoms with van der Waals surface area (Å²) in [5, 5.41) is 7.60. The van der Waals surface area contributed by atoms with Crippen molar-refractivity contribution in [2.75, 3.05) is 5.32 Å². The van der Waals surface area contributed by atoms with Crippen LogP contribution < -0.4 is 10.9 Å². The fraction of sp³-hybridized carbons (Fsp3) is 0.121. The lowest BCUT2D eigenvalue weighted by atomic mass is 10.1. The molecular formula is C33H24ClF3N6O2S. The number of alkyl halides is 3. The smallest absolute Gasteiger partial charge is 0.365 e. The van der Waals surface area contributed by atoms with Crippen LogP contribution in [0.2, 0.25) is 4.34 Å². The average molecular weight is 661 g/mol. The Balaban J connectivity index is 1.47. The molecule has 0 aliphatic carbocycles. The molecule has 8 nitrogen and oxygen atoms in total. The predicted octanol–water partition coefficient (Wildman–Crippen LogP) is 7.45. The summed E-state index contributed by atoms with van der Waals surface area (Å²) in [4.78, 5) is 37.0. The van der Waals surface area contributed by atoms with Crippen LogP contribution in [0.15, 0.2) is 108 Å². The second kappa shape index (κ2) is 13.1. The molecule has 0 unspecified atom stereocenters. The first-order valence-corrected chi connectivity index (χ1v) is 15.2. The van der Waals surface area contributed by atoms with Gasteiger partial charge in [0.25, 0.3) is 11.5 Å². The number of carbonyl (C=O) groups excluding carboxylic acids is 1. The van der Waals surface area contributed by atoms with Crippen molar-refractivity contribution in [3.8, 4) is 22.5 Å². The molecule has 0 saturated heterocycles. The zero-order chi connectivity index (χ0) is 32.3. The normalized spacial score (nSPS) is 11.5. The molecule has 0 aliphatic rings. The van der Waals surface area contributed by atoms with E-state index in [0.717, 1.165) is 21.7 Å². The van der Waals surface area contributed by atoms with Crippen LogP contribution in [0.1, 0.15) is 26.5 Å².